The first-order valence-corrected chi connectivity index (χ1v) is 7.62. The highest BCUT2D eigenvalue weighted by molar-refractivity contribution is 5.81. The van der Waals surface area contributed by atoms with Crippen molar-refractivity contribution in [1.82, 2.24) is 4.90 Å². The monoisotopic (exact) mass is 305 g/mol. The minimum absolute atomic E-state index is 0.0356. The van der Waals surface area contributed by atoms with Crippen LogP contribution in [0.25, 0.3) is 0 Å². The van der Waals surface area contributed by atoms with E-state index in [4.69, 9.17) is 9.47 Å². The van der Waals surface area contributed by atoms with Crippen LogP contribution in [0.5, 0.6) is 5.75 Å². The molecule has 0 bridgehead atoms. The molecule has 1 aliphatic rings. The highest BCUT2D eigenvalue weighted by Crippen LogP contribution is 2.21. The SMILES string of the molecule is COC(=O)C1CCN(C(=O)[C@@H](C)Oc2ccccc2C)CC1. The summed E-state index contributed by atoms with van der Waals surface area (Å²) in [5.41, 5.74) is 1.01. The lowest BCUT2D eigenvalue weighted by atomic mass is 9.97. The van der Waals surface area contributed by atoms with E-state index in [9.17, 15) is 9.59 Å². The van der Waals surface area contributed by atoms with Gasteiger partial charge in [0.25, 0.3) is 5.91 Å². The van der Waals surface area contributed by atoms with Crippen LogP contribution in [0.15, 0.2) is 24.3 Å². The molecule has 0 saturated carbocycles. The molecule has 1 aromatic carbocycles. The summed E-state index contributed by atoms with van der Waals surface area (Å²) in [6.45, 7) is 4.86. The molecule has 1 heterocycles. The number of hydrogen-bond donors (Lipinski definition) is 0. The van der Waals surface area contributed by atoms with Gasteiger partial charge < -0.3 is 14.4 Å². The molecule has 0 aromatic heterocycles. The van der Waals surface area contributed by atoms with Gasteiger partial charge in [-0.15, -0.1) is 0 Å². The summed E-state index contributed by atoms with van der Waals surface area (Å²) in [6, 6.07) is 7.64. The number of rotatable bonds is 4. The molecule has 1 atom stereocenters. The number of nitrogens with zero attached hydrogens (tertiary/aromatic N) is 1. The summed E-state index contributed by atoms with van der Waals surface area (Å²) in [5.74, 6) is 0.414. The van der Waals surface area contributed by atoms with Gasteiger partial charge in [0.05, 0.1) is 13.0 Å². The topological polar surface area (TPSA) is 55.8 Å². The van der Waals surface area contributed by atoms with Gasteiger partial charge in [0, 0.05) is 13.1 Å². The fourth-order valence-corrected chi connectivity index (χ4v) is 2.69. The maximum absolute atomic E-state index is 12.4. The summed E-state index contributed by atoms with van der Waals surface area (Å²) in [5, 5.41) is 0. The van der Waals surface area contributed by atoms with Crippen molar-refractivity contribution in [1.29, 1.82) is 0 Å². The van der Waals surface area contributed by atoms with Crippen molar-refractivity contribution < 1.29 is 19.1 Å². The van der Waals surface area contributed by atoms with Crippen molar-refractivity contribution in [2.45, 2.75) is 32.8 Å². The molecule has 120 valence electrons. The number of piperidine rings is 1. The van der Waals surface area contributed by atoms with E-state index in [1.165, 1.54) is 7.11 Å². The maximum atomic E-state index is 12.4. The van der Waals surface area contributed by atoms with Crippen LogP contribution in [0.2, 0.25) is 0 Å². The quantitative estimate of drug-likeness (QED) is 0.800. The lowest BCUT2D eigenvalue weighted by molar-refractivity contribution is -0.150. The summed E-state index contributed by atoms with van der Waals surface area (Å²) in [7, 11) is 1.40. The first-order chi connectivity index (χ1) is 10.5. The summed E-state index contributed by atoms with van der Waals surface area (Å²) in [6.07, 6.45) is 0.765. The number of likely N-dealkylation sites (tertiary alicyclic amines) is 1. The number of benzene rings is 1. The number of para-hydroxylation sites is 1. The Morgan fingerprint density at radius 3 is 2.45 bits per heavy atom. The van der Waals surface area contributed by atoms with Gasteiger partial charge in [-0.25, -0.2) is 0 Å². The normalized spacial score (nSPS) is 17.0. The Hall–Kier alpha value is -2.04. The Labute approximate surface area is 131 Å². The van der Waals surface area contributed by atoms with Crippen LogP contribution in [0.4, 0.5) is 0 Å². The minimum Gasteiger partial charge on any atom is -0.481 e. The van der Waals surface area contributed by atoms with E-state index in [0.717, 1.165) is 11.3 Å². The molecular formula is C17H23NO4. The van der Waals surface area contributed by atoms with Crippen LogP contribution >= 0.6 is 0 Å². The summed E-state index contributed by atoms with van der Waals surface area (Å²) < 4.78 is 10.5. The standard InChI is InChI=1S/C17H23NO4/c1-12-6-4-5-7-15(12)22-13(2)16(19)18-10-8-14(9-11-18)17(20)21-3/h4-7,13-14H,8-11H2,1-3H3/t13-/m1/s1. The Morgan fingerprint density at radius 1 is 1.23 bits per heavy atom. The second-order valence-electron chi connectivity index (χ2n) is 5.65. The van der Waals surface area contributed by atoms with Gasteiger partial charge in [-0.05, 0) is 38.3 Å². The average molecular weight is 305 g/mol. The predicted molar refractivity (Wildman–Crippen MR) is 82.6 cm³/mol. The molecule has 0 aliphatic carbocycles. The predicted octanol–water partition coefficient (Wildman–Crippen LogP) is 2.17. The number of methoxy groups -OCH3 is 1. The van der Waals surface area contributed by atoms with E-state index in [-0.39, 0.29) is 17.8 Å². The summed E-state index contributed by atoms with van der Waals surface area (Å²) >= 11 is 0. The van der Waals surface area contributed by atoms with E-state index in [1.54, 1.807) is 11.8 Å². The second kappa shape index (κ2) is 7.29. The Bertz CT molecular complexity index is 535. The van der Waals surface area contributed by atoms with Crippen LogP contribution in [-0.2, 0) is 14.3 Å². The third-order valence-electron chi connectivity index (χ3n) is 4.09. The van der Waals surface area contributed by atoms with Gasteiger partial charge in [0.15, 0.2) is 6.10 Å². The largest absolute Gasteiger partial charge is 0.481 e. The van der Waals surface area contributed by atoms with Gasteiger partial charge in [-0.3, -0.25) is 9.59 Å². The lowest BCUT2D eigenvalue weighted by Crippen LogP contribution is -2.45. The van der Waals surface area contributed by atoms with Crippen molar-refractivity contribution in [3.8, 4) is 5.75 Å². The smallest absolute Gasteiger partial charge is 0.308 e. The molecule has 0 N–H and O–H groups in total. The molecule has 5 heteroatoms. The van der Waals surface area contributed by atoms with Crippen molar-refractivity contribution in [3.63, 3.8) is 0 Å². The fraction of sp³-hybridized carbons (Fsp3) is 0.529. The molecule has 2 rings (SSSR count). The number of aryl methyl sites for hydroxylation is 1. The third-order valence-corrected chi connectivity index (χ3v) is 4.09. The molecule has 1 fully saturated rings. The molecule has 0 radical (unpaired) electrons. The molecule has 22 heavy (non-hydrogen) atoms. The van der Waals surface area contributed by atoms with E-state index in [2.05, 4.69) is 0 Å². The molecule has 1 aliphatic heterocycles. The highest BCUT2D eigenvalue weighted by atomic mass is 16.5. The first-order valence-electron chi connectivity index (χ1n) is 7.62. The molecule has 5 nitrogen and oxygen atoms in total. The summed E-state index contributed by atoms with van der Waals surface area (Å²) in [4.78, 5) is 25.7. The molecule has 1 aromatic rings. The van der Waals surface area contributed by atoms with Crippen LogP contribution in [0.1, 0.15) is 25.3 Å². The third kappa shape index (κ3) is 3.78. The lowest BCUT2D eigenvalue weighted by Gasteiger charge is -2.32. The fourth-order valence-electron chi connectivity index (χ4n) is 2.69. The average Bonchev–Trinajstić information content (AvgIpc) is 2.55. The molecule has 1 amide bonds. The van der Waals surface area contributed by atoms with Crippen LogP contribution in [0.3, 0.4) is 0 Å². The van der Waals surface area contributed by atoms with Gasteiger partial charge in [-0.2, -0.15) is 0 Å². The van der Waals surface area contributed by atoms with Crippen molar-refractivity contribution in [2.24, 2.45) is 5.92 Å². The molecule has 0 spiro atoms. The van der Waals surface area contributed by atoms with Gasteiger partial charge in [-0.1, -0.05) is 18.2 Å². The Kier molecular flexibility index (Phi) is 5.41. The molecule has 0 unspecified atom stereocenters. The molecule has 1 saturated heterocycles. The Balaban J connectivity index is 1.89. The van der Waals surface area contributed by atoms with E-state index in [0.29, 0.717) is 25.9 Å². The highest BCUT2D eigenvalue weighted by Gasteiger charge is 2.30. The van der Waals surface area contributed by atoms with E-state index >= 15 is 0 Å². The minimum atomic E-state index is -0.532. The number of carbonyl (C=O) groups is 2. The second-order valence-corrected chi connectivity index (χ2v) is 5.65. The zero-order valence-corrected chi connectivity index (χ0v) is 13.4. The van der Waals surface area contributed by atoms with Crippen molar-refractivity contribution in [3.05, 3.63) is 29.8 Å². The van der Waals surface area contributed by atoms with E-state index in [1.807, 2.05) is 31.2 Å². The number of hydrogen-bond acceptors (Lipinski definition) is 4. The van der Waals surface area contributed by atoms with Crippen molar-refractivity contribution >= 4 is 11.9 Å². The Morgan fingerprint density at radius 2 is 1.86 bits per heavy atom. The van der Waals surface area contributed by atoms with Crippen LogP contribution < -0.4 is 4.74 Å². The van der Waals surface area contributed by atoms with Crippen molar-refractivity contribution in [2.75, 3.05) is 20.2 Å². The van der Waals surface area contributed by atoms with Gasteiger partial charge in [0.1, 0.15) is 5.75 Å². The van der Waals surface area contributed by atoms with E-state index < -0.39 is 6.10 Å². The van der Waals surface area contributed by atoms with Gasteiger partial charge in [0.2, 0.25) is 0 Å². The maximum Gasteiger partial charge on any atom is 0.308 e. The van der Waals surface area contributed by atoms with Crippen LogP contribution in [0, 0.1) is 12.8 Å². The van der Waals surface area contributed by atoms with Crippen LogP contribution in [-0.4, -0.2) is 43.1 Å². The molecular weight excluding hydrogens is 282 g/mol. The number of esters is 1. The zero-order valence-electron chi connectivity index (χ0n) is 13.4. The zero-order chi connectivity index (χ0) is 16.1. The number of carbonyl (C=O) groups excluding carboxylic acids is 2. The first kappa shape index (κ1) is 16.3. The number of amides is 1. The van der Waals surface area contributed by atoms with Gasteiger partial charge >= 0.3 is 5.97 Å². The number of ether oxygens (including phenoxy) is 2.